The lowest BCUT2D eigenvalue weighted by Gasteiger charge is -2.07. The minimum Gasteiger partial charge on any atom is -0.397 e. The average molecular weight is 291 g/mol. The molecule has 2 aromatic carbocycles. The van der Waals surface area contributed by atoms with Gasteiger partial charge in [0.25, 0.3) is 5.91 Å². The summed E-state index contributed by atoms with van der Waals surface area (Å²) in [4.78, 5) is 11.8. The van der Waals surface area contributed by atoms with Gasteiger partial charge < -0.3 is 16.8 Å². The normalized spacial score (nSPS) is 10.4. The number of carbonyl (C=O) groups is 1. The van der Waals surface area contributed by atoms with Crippen LogP contribution in [0.4, 0.5) is 20.2 Å². The third-order valence-corrected chi connectivity index (χ3v) is 3.03. The first-order valence-electron chi connectivity index (χ1n) is 6.34. The van der Waals surface area contributed by atoms with E-state index >= 15 is 0 Å². The third kappa shape index (κ3) is 3.68. The summed E-state index contributed by atoms with van der Waals surface area (Å²) in [5.41, 5.74) is 13.3. The number of nitrogens with one attached hydrogen (secondary N) is 1. The number of carbonyl (C=O) groups excluding carboxylic acids is 1. The summed E-state index contributed by atoms with van der Waals surface area (Å²) in [6, 6.07) is 8.27. The second kappa shape index (κ2) is 6.21. The number of anilines is 2. The molecule has 6 heteroatoms. The molecule has 0 fully saturated rings. The number of hydrogen-bond donors (Lipinski definition) is 3. The van der Waals surface area contributed by atoms with Gasteiger partial charge in [0, 0.05) is 12.1 Å². The molecule has 5 N–H and O–H groups in total. The van der Waals surface area contributed by atoms with Gasteiger partial charge in [-0.25, -0.2) is 8.78 Å². The van der Waals surface area contributed by atoms with Crippen LogP contribution in [0, 0.1) is 11.6 Å². The van der Waals surface area contributed by atoms with Crippen LogP contribution < -0.4 is 16.8 Å². The molecule has 0 heterocycles. The SMILES string of the molecule is Nc1ccc(CCNC(=O)c2ccc(F)c(F)c2)cc1N. The van der Waals surface area contributed by atoms with Crippen molar-refractivity contribution in [3.63, 3.8) is 0 Å². The van der Waals surface area contributed by atoms with Crippen LogP contribution in [0.5, 0.6) is 0 Å². The minimum absolute atomic E-state index is 0.0747. The summed E-state index contributed by atoms with van der Waals surface area (Å²) < 4.78 is 25.8. The first-order valence-corrected chi connectivity index (χ1v) is 6.34. The van der Waals surface area contributed by atoms with Crippen molar-refractivity contribution in [2.24, 2.45) is 0 Å². The predicted octanol–water partition coefficient (Wildman–Crippen LogP) is 2.10. The van der Waals surface area contributed by atoms with Crippen molar-refractivity contribution in [3.05, 3.63) is 59.2 Å². The largest absolute Gasteiger partial charge is 0.397 e. The second-order valence-electron chi connectivity index (χ2n) is 4.60. The van der Waals surface area contributed by atoms with Gasteiger partial charge in [0.2, 0.25) is 0 Å². The predicted molar refractivity (Wildman–Crippen MR) is 77.7 cm³/mol. The van der Waals surface area contributed by atoms with Crippen molar-refractivity contribution >= 4 is 17.3 Å². The van der Waals surface area contributed by atoms with Gasteiger partial charge in [-0.3, -0.25) is 4.79 Å². The molecule has 0 atom stereocenters. The number of nitrogens with two attached hydrogens (primary N) is 2. The highest BCUT2D eigenvalue weighted by Gasteiger charge is 2.09. The smallest absolute Gasteiger partial charge is 0.251 e. The average Bonchev–Trinajstić information content (AvgIpc) is 2.45. The van der Waals surface area contributed by atoms with Gasteiger partial charge in [0.05, 0.1) is 11.4 Å². The van der Waals surface area contributed by atoms with Crippen LogP contribution >= 0.6 is 0 Å². The molecule has 4 nitrogen and oxygen atoms in total. The van der Waals surface area contributed by atoms with Crippen molar-refractivity contribution in [2.75, 3.05) is 18.0 Å². The van der Waals surface area contributed by atoms with Crippen LogP contribution in [0.15, 0.2) is 36.4 Å². The van der Waals surface area contributed by atoms with Gasteiger partial charge in [-0.1, -0.05) is 6.07 Å². The molecule has 0 aliphatic heterocycles. The molecule has 21 heavy (non-hydrogen) atoms. The number of amides is 1. The maximum atomic E-state index is 13.0. The Balaban J connectivity index is 1.92. The second-order valence-corrected chi connectivity index (χ2v) is 4.60. The van der Waals surface area contributed by atoms with Crippen molar-refractivity contribution in [1.29, 1.82) is 0 Å². The van der Waals surface area contributed by atoms with Gasteiger partial charge in [-0.05, 0) is 42.3 Å². The summed E-state index contributed by atoms with van der Waals surface area (Å²) in [5.74, 6) is -2.49. The topological polar surface area (TPSA) is 81.1 Å². The molecule has 2 rings (SSSR count). The summed E-state index contributed by atoms with van der Waals surface area (Å²) >= 11 is 0. The fraction of sp³-hybridized carbons (Fsp3) is 0.133. The van der Waals surface area contributed by atoms with Crippen molar-refractivity contribution in [3.8, 4) is 0 Å². The Hall–Kier alpha value is -2.63. The van der Waals surface area contributed by atoms with E-state index in [9.17, 15) is 13.6 Å². The molecule has 0 saturated carbocycles. The van der Waals surface area contributed by atoms with E-state index in [-0.39, 0.29) is 5.56 Å². The number of halogens is 2. The molecule has 0 spiro atoms. The van der Waals surface area contributed by atoms with Crippen LogP contribution in [0.1, 0.15) is 15.9 Å². The Morgan fingerprint density at radius 2 is 1.76 bits per heavy atom. The zero-order chi connectivity index (χ0) is 15.4. The maximum Gasteiger partial charge on any atom is 0.251 e. The molecule has 0 bridgehead atoms. The molecule has 110 valence electrons. The summed E-state index contributed by atoms with van der Waals surface area (Å²) in [6.45, 7) is 0.348. The zero-order valence-electron chi connectivity index (χ0n) is 11.2. The highest BCUT2D eigenvalue weighted by atomic mass is 19.2. The fourth-order valence-corrected chi connectivity index (χ4v) is 1.84. The summed E-state index contributed by atoms with van der Waals surface area (Å²) in [6.07, 6.45) is 0.555. The van der Waals surface area contributed by atoms with E-state index in [1.54, 1.807) is 12.1 Å². The fourth-order valence-electron chi connectivity index (χ4n) is 1.84. The monoisotopic (exact) mass is 291 g/mol. The lowest BCUT2D eigenvalue weighted by molar-refractivity contribution is 0.0953. The van der Waals surface area contributed by atoms with E-state index in [4.69, 9.17) is 11.5 Å². The molecular formula is C15H15F2N3O. The van der Waals surface area contributed by atoms with Crippen molar-refractivity contribution in [2.45, 2.75) is 6.42 Å². The quantitative estimate of drug-likeness (QED) is 0.755. The van der Waals surface area contributed by atoms with Crippen LogP contribution in [-0.2, 0) is 6.42 Å². The van der Waals surface area contributed by atoms with E-state index in [2.05, 4.69) is 5.32 Å². The van der Waals surface area contributed by atoms with Gasteiger partial charge in [0.15, 0.2) is 11.6 Å². The number of benzene rings is 2. The molecule has 0 unspecified atom stereocenters. The van der Waals surface area contributed by atoms with E-state index in [1.807, 2.05) is 6.07 Å². The van der Waals surface area contributed by atoms with Crippen LogP contribution in [0.2, 0.25) is 0 Å². The van der Waals surface area contributed by atoms with Crippen molar-refractivity contribution < 1.29 is 13.6 Å². The van der Waals surface area contributed by atoms with Crippen LogP contribution in [0.3, 0.4) is 0 Å². The van der Waals surface area contributed by atoms with E-state index in [1.165, 1.54) is 6.07 Å². The number of nitrogen functional groups attached to an aromatic ring is 2. The van der Waals surface area contributed by atoms with Gasteiger partial charge in [0.1, 0.15) is 0 Å². The summed E-state index contributed by atoms with van der Waals surface area (Å²) in [5, 5.41) is 2.63. The minimum atomic E-state index is -1.05. The van der Waals surface area contributed by atoms with Crippen molar-refractivity contribution in [1.82, 2.24) is 5.32 Å². The molecule has 0 radical (unpaired) electrons. The number of hydrogen-bond acceptors (Lipinski definition) is 3. The van der Waals surface area contributed by atoms with Gasteiger partial charge >= 0.3 is 0 Å². The molecule has 0 aromatic heterocycles. The Labute approximate surface area is 120 Å². The molecule has 0 aliphatic carbocycles. The Morgan fingerprint density at radius 1 is 1.00 bits per heavy atom. The first kappa shape index (κ1) is 14.8. The van der Waals surface area contributed by atoms with Crippen LogP contribution in [-0.4, -0.2) is 12.5 Å². The maximum absolute atomic E-state index is 13.0. The highest BCUT2D eigenvalue weighted by Crippen LogP contribution is 2.16. The Bertz CT molecular complexity index is 674. The first-order chi connectivity index (χ1) is 9.97. The molecule has 0 saturated heterocycles. The highest BCUT2D eigenvalue weighted by molar-refractivity contribution is 5.94. The molecule has 1 amide bonds. The summed E-state index contributed by atoms with van der Waals surface area (Å²) in [7, 11) is 0. The van der Waals surface area contributed by atoms with E-state index in [0.29, 0.717) is 24.3 Å². The zero-order valence-corrected chi connectivity index (χ0v) is 11.2. The lowest BCUT2D eigenvalue weighted by atomic mass is 10.1. The number of rotatable bonds is 4. The van der Waals surface area contributed by atoms with Gasteiger partial charge in [-0.2, -0.15) is 0 Å². The molecule has 0 aliphatic rings. The lowest BCUT2D eigenvalue weighted by Crippen LogP contribution is -2.25. The van der Waals surface area contributed by atoms with Crippen LogP contribution in [0.25, 0.3) is 0 Å². The van der Waals surface area contributed by atoms with E-state index in [0.717, 1.165) is 17.7 Å². The molecular weight excluding hydrogens is 276 g/mol. The third-order valence-electron chi connectivity index (χ3n) is 3.03. The van der Waals surface area contributed by atoms with E-state index < -0.39 is 17.5 Å². The Kier molecular flexibility index (Phi) is 4.37. The standard InChI is InChI=1S/C15H15F2N3O/c16-11-3-2-10(8-12(11)17)15(21)20-6-5-9-1-4-13(18)14(19)7-9/h1-4,7-8H,5-6,18-19H2,(H,20,21). The molecule has 2 aromatic rings. The Morgan fingerprint density at radius 3 is 2.43 bits per heavy atom. The van der Waals surface area contributed by atoms with Gasteiger partial charge in [-0.15, -0.1) is 0 Å².